The van der Waals surface area contributed by atoms with E-state index in [1.54, 1.807) is 0 Å². The van der Waals surface area contributed by atoms with Crippen LogP contribution in [0.2, 0.25) is 0 Å². The van der Waals surface area contributed by atoms with Crippen LogP contribution in [0, 0.1) is 0 Å². The summed E-state index contributed by atoms with van der Waals surface area (Å²) in [6.45, 7) is 4.07. The third-order valence-corrected chi connectivity index (χ3v) is 3.56. The van der Waals surface area contributed by atoms with E-state index in [1.165, 1.54) is 5.56 Å². The van der Waals surface area contributed by atoms with Crippen LogP contribution in [0.25, 0.3) is 0 Å². The SMILES string of the molecule is CCc1ccc(C(C)NC(=O)C2CCC(=O)N2)cc1. The maximum atomic E-state index is 12.0. The lowest BCUT2D eigenvalue weighted by Crippen LogP contribution is -2.42. The lowest BCUT2D eigenvalue weighted by atomic mass is 10.0. The quantitative estimate of drug-likeness (QED) is 0.865. The van der Waals surface area contributed by atoms with Crippen LogP contribution in [0.4, 0.5) is 0 Å². The third-order valence-electron chi connectivity index (χ3n) is 3.56. The van der Waals surface area contributed by atoms with Crippen molar-refractivity contribution in [2.75, 3.05) is 0 Å². The first-order valence-electron chi connectivity index (χ1n) is 6.78. The number of carbonyl (C=O) groups is 2. The van der Waals surface area contributed by atoms with Crippen molar-refractivity contribution in [3.63, 3.8) is 0 Å². The molecule has 1 saturated heterocycles. The van der Waals surface area contributed by atoms with Gasteiger partial charge in [-0.1, -0.05) is 31.2 Å². The highest BCUT2D eigenvalue weighted by molar-refractivity contribution is 5.90. The normalized spacial score (nSPS) is 19.9. The summed E-state index contributed by atoms with van der Waals surface area (Å²) < 4.78 is 0. The summed E-state index contributed by atoms with van der Waals surface area (Å²) in [7, 11) is 0. The highest BCUT2D eigenvalue weighted by atomic mass is 16.2. The molecule has 0 spiro atoms. The first kappa shape index (κ1) is 13.6. The largest absolute Gasteiger partial charge is 0.348 e. The Bertz CT molecular complexity index is 468. The van der Waals surface area contributed by atoms with Gasteiger partial charge in [0.2, 0.25) is 11.8 Å². The predicted octanol–water partition coefficient (Wildman–Crippen LogP) is 1.70. The molecular weight excluding hydrogens is 240 g/mol. The zero-order chi connectivity index (χ0) is 13.8. The first-order valence-corrected chi connectivity index (χ1v) is 6.78. The molecule has 1 aromatic rings. The summed E-state index contributed by atoms with van der Waals surface area (Å²) in [6, 6.07) is 7.82. The Morgan fingerprint density at radius 2 is 2.11 bits per heavy atom. The second-order valence-corrected chi connectivity index (χ2v) is 4.98. The van der Waals surface area contributed by atoms with Gasteiger partial charge in [-0.3, -0.25) is 9.59 Å². The molecule has 1 aliphatic rings. The number of carbonyl (C=O) groups excluding carboxylic acids is 2. The molecule has 0 bridgehead atoms. The molecule has 2 N–H and O–H groups in total. The van der Waals surface area contributed by atoms with Gasteiger partial charge in [0, 0.05) is 6.42 Å². The zero-order valence-corrected chi connectivity index (χ0v) is 11.4. The van der Waals surface area contributed by atoms with Crippen molar-refractivity contribution >= 4 is 11.8 Å². The highest BCUT2D eigenvalue weighted by Gasteiger charge is 2.27. The summed E-state index contributed by atoms with van der Waals surface area (Å²) in [4.78, 5) is 23.1. The van der Waals surface area contributed by atoms with Gasteiger partial charge in [0.25, 0.3) is 0 Å². The van der Waals surface area contributed by atoms with Crippen LogP contribution in [-0.4, -0.2) is 17.9 Å². The summed E-state index contributed by atoms with van der Waals surface area (Å²) in [5.74, 6) is -0.141. The molecule has 2 rings (SSSR count). The number of benzene rings is 1. The predicted molar refractivity (Wildman–Crippen MR) is 73.5 cm³/mol. The molecule has 1 heterocycles. The molecule has 19 heavy (non-hydrogen) atoms. The molecule has 4 nitrogen and oxygen atoms in total. The smallest absolute Gasteiger partial charge is 0.243 e. The van der Waals surface area contributed by atoms with Crippen molar-refractivity contribution in [3.05, 3.63) is 35.4 Å². The van der Waals surface area contributed by atoms with Crippen molar-refractivity contribution in [2.45, 2.75) is 45.2 Å². The highest BCUT2D eigenvalue weighted by Crippen LogP contribution is 2.15. The van der Waals surface area contributed by atoms with Crippen molar-refractivity contribution in [1.29, 1.82) is 0 Å². The standard InChI is InChI=1S/C15H20N2O2/c1-3-11-4-6-12(7-5-11)10(2)16-15(19)13-8-9-14(18)17-13/h4-7,10,13H,3,8-9H2,1-2H3,(H,16,19)(H,17,18). The van der Waals surface area contributed by atoms with Crippen LogP contribution in [0.5, 0.6) is 0 Å². The van der Waals surface area contributed by atoms with E-state index in [4.69, 9.17) is 0 Å². The Balaban J connectivity index is 1.94. The van der Waals surface area contributed by atoms with Crippen LogP contribution >= 0.6 is 0 Å². The van der Waals surface area contributed by atoms with E-state index in [0.717, 1.165) is 12.0 Å². The molecule has 1 aliphatic heterocycles. The second-order valence-electron chi connectivity index (χ2n) is 4.98. The van der Waals surface area contributed by atoms with E-state index in [9.17, 15) is 9.59 Å². The molecule has 2 unspecified atom stereocenters. The molecule has 1 aromatic carbocycles. The molecule has 0 aliphatic carbocycles. The number of amides is 2. The Kier molecular flexibility index (Phi) is 4.20. The van der Waals surface area contributed by atoms with Crippen LogP contribution in [-0.2, 0) is 16.0 Å². The summed E-state index contributed by atoms with van der Waals surface area (Å²) in [5.41, 5.74) is 2.36. The van der Waals surface area contributed by atoms with E-state index >= 15 is 0 Å². The molecule has 1 fully saturated rings. The van der Waals surface area contributed by atoms with E-state index in [0.29, 0.717) is 12.8 Å². The fraction of sp³-hybridized carbons (Fsp3) is 0.467. The van der Waals surface area contributed by atoms with Gasteiger partial charge in [-0.2, -0.15) is 0 Å². The van der Waals surface area contributed by atoms with Crippen molar-refractivity contribution in [2.24, 2.45) is 0 Å². The maximum absolute atomic E-state index is 12.0. The minimum atomic E-state index is -0.370. The molecular formula is C15H20N2O2. The maximum Gasteiger partial charge on any atom is 0.243 e. The molecule has 0 aromatic heterocycles. The van der Waals surface area contributed by atoms with E-state index in [2.05, 4.69) is 29.7 Å². The van der Waals surface area contributed by atoms with Gasteiger partial charge in [0.1, 0.15) is 6.04 Å². The second kappa shape index (κ2) is 5.87. The lowest BCUT2D eigenvalue weighted by Gasteiger charge is -2.17. The number of hydrogen-bond donors (Lipinski definition) is 2. The van der Waals surface area contributed by atoms with Gasteiger partial charge >= 0.3 is 0 Å². The van der Waals surface area contributed by atoms with E-state index < -0.39 is 0 Å². The summed E-state index contributed by atoms with van der Waals surface area (Å²) in [6.07, 6.45) is 2.04. The van der Waals surface area contributed by atoms with Crippen LogP contribution < -0.4 is 10.6 Å². The minimum Gasteiger partial charge on any atom is -0.348 e. The van der Waals surface area contributed by atoms with E-state index in [-0.39, 0.29) is 23.9 Å². The minimum absolute atomic E-state index is 0.0416. The van der Waals surface area contributed by atoms with Gasteiger partial charge in [-0.15, -0.1) is 0 Å². The number of aryl methyl sites for hydroxylation is 1. The van der Waals surface area contributed by atoms with Crippen LogP contribution in [0.15, 0.2) is 24.3 Å². The van der Waals surface area contributed by atoms with Crippen LogP contribution in [0.1, 0.15) is 43.9 Å². The van der Waals surface area contributed by atoms with Crippen LogP contribution in [0.3, 0.4) is 0 Å². The van der Waals surface area contributed by atoms with Gasteiger partial charge in [0.15, 0.2) is 0 Å². The average Bonchev–Trinajstić information content (AvgIpc) is 2.85. The zero-order valence-electron chi connectivity index (χ0n) is 11.4. The topological polar surface area (TPSA) is 58.2 Å². The Hall–Kier alpha value is -1.84. The van der Waals surface area contributed by atoms with Gasteiger partial charge in [0.05, 0.1) is 6.04 Å². The summed E-state index contributed by atoms with van der Waals surface area (Å²) in [5, 5.41) is 5.62. The molecule has 2 amide bonds. The molecule has 0 saturated carbocycles. The Labute approximate surface area is 113 Å². The van der Waals surface area contributed by atoms with Gasteiger partial charge < -0.3 is 10.6 Å². The van der Waals surface area contributed by atoms with Gasteiger partial charge in [-0.05, 0) is 30.9 Å². The molecule has 4 heteroatoms. The molecule has 0 radical (unpaired) electrons. The fourth-order valence-corrected chi connectivity index (χ4v) is 2.25. The summed E-state index contributed by atoms with van der Waals surface area (Å²) >= 11 is 0. The van der Waals surface area contributed by atoms with E-state index in [1.807, 2.05) is 19.1 Å². The van der Waals surface area contributed by atoms with Crippen molar-refractivity contribution in [3.8, 4) is 0 Å². The monoisotopic (exact) mass is 260 g/mol. The van der Waals surface area contributed by atoms with Gasteiger partial charge in [-0.25, -0.2) is 0 Å². The number of nitrogens with one attached hydrogen (secondary N) is 2. The molecule has 102 valence electrons. The Morgan fingerprint density at radius 1 is 1.42 bits per heavy atom. The van der Waals surface area contributed by atoms with Crippen molar-refractivity contribution < 1.29 is 9.59 Å². The lowest BCUT2D eigenvalue weighted by molar-refractivity contribution is -0.126. The average molecular weight is 260 g/mol. The fourth-order valence-electron chi connectivity index (χ4n) is 2.25. The molecule has 2 atom stereocenters. The number of hydrogen-bond acceptors (Lipinski definition) is 2. The van der Waals surface area contributed by atoms with Crippen molar-refractivity contribution in [1.82, 2.24) is 10.6 Å². The Morgan fingerprint density at radius 3 is 2.63 bits per heavy atom. The third kappa shape index (κ3) is 3.34. The first-order chi connectivity index (χ1) is 9.10. The number of rotatable bonds is 4.